The Labute approximate surface area is 89.2 Å². The van der Waals surface area contributed by atoms with Crippen LogP contribution >= 0.6 is 0 Å². The number of aromatic nitrogens is 4. The minimum Gasteiger partial charge on any atom is -0.477 e. The molecule has 2 rings (SSSR count). The van der Waals surface area contributed by atoms with Gasteiger partial charge in [0.1, 0.15) is 5.56 Å². The van der Waals surface area contributed by atoms with E-state index in [0.29, 0.717) is 0 Å². The molecule has 0 atom stereocenters. The molecular formula is C9H8N4O3. The number of hydrogen-bond acceptors (Lipinski definition) is 4. The van der Waals surface area contributed by atoms with E-state index in [1.165, 1.54) is 19.3 Å². The third kappa shape index (κ3) is 1.48. The summed E-state index contributed by atoms with van der Waals surface area (Å²) in [6.07, 6.45) is 2.98. The maximum atomic E-state index is 11.8. The van der Waals surface area contributed by atoms with Gasteiger partial charge in [0.2, 0.25) is 5.43 Å². The molecule has 0 amide bonds. The van der Waals surface area contributed by atoms with Crippen LogP contribution in [-0.4, -0.2) is 31.2 Å². The fourth-order valence-electron chi connectivity index (χ4n) is 1.35. The van der Waals surface area contributed by atoms with Gasteiger partial charge in [-0.2, -0.15) is 5.10 Å². The second kappa shape index (κ2) is 3.61. The van der Waals surface area contributed by atoms with Gasteiger partial charge in [0.15, 0.2) is 11.5 Å². The average molecular weight is 220 g/mol. The molecule has 2 aromatic heterocycles. The number of aromatic amines is 2. The second-order valence-corrected chi connectivity index (χ2v) is 3.14. The van der Waals surface area contributed by atoms with Crippen molar-refractivity contribution < 1.29 is 9.90 Å². The van der Waals surface area contributed by atoms with Gasteiger partial charge in [0.05, 0.1) is 0 Å². The van der Waals surface area contributed by atoms with Gasteiger partial charge in [-0.15, -0.1) is 0 Å². The number of imidazole rings is 1. The molecule has 0 saturated heterocycles. The zero-order valence-electron chi connectivity index (χ0n) is 8.31. The van der Waals surface area contributed by atoms with E-state index >= 15 is 0 Å². The summed E-state index contributed by atoms with van der Waals surface area (Å²) < 4.78 is 0. The fourth-order valence-corrected chi connectivity index (χ4v) is 1.35. The zero-order chi connectivity index (χ0) is 11.7. The zero-order valence-corrected chi connectivity index (χ0v) is 8.31. The molecule has 0 radical (unpaired) electrons. The first-order valence-corrected chi connectivity index (χ1v) is 4.43. The first-order valence-electron chi connectivity index (χ1n) is 4.43. The van der Waals surface area contributed by atoms with E-state index < -0.39 is 11.4 Å². The van der Waals surface area contributed by atoms with Crippen LogP contribution in [0.3, 0.4) is 0 Å². The van der Waals surface area contributed by atoms with Crippen LogP contribution in [0.5, 0.6) is 0 Å². The largest absolute Gasteiger partial charge is 0.477 e. The summed E-state index contributed by atoms with van der Waals surface area (Å²) in [4.78, 5) is 29.2. The number of carboxylic acid groups (broad SMARTS) is 1. The minimum absolute atomic E-state index is 0.0343. The molecule has 0 bridgehead atoms. The van der Waals surface area contributed by atoms with Crippen molar-refractivity contribution in [3.8, 4) is 11.5 Å². The molecule has 0 aliphatic rings. The van der Waals surface area contributed by atoms with Crippen LogP contribution in [0.25, 0.3) is 11.5 Å². The summed E-state index contributed by atoms with van der Waals surface area (Å²) in [6.45, 7) is 1.48. The molecule has 0 aliphatic heterocycles. The van der Waals surface area contributed by atoms with Crippen LogP contribution in [0, 0.1) is 6.92 Å². The Kier molecular flexibility index (Phi) is 2.28. The first kappa shape index (κ1) is 10.1. The topological polar surface area (TPSA) is 112 Å². The molecule has 7 nitrogen and oxygen atoms in total. The number of rotatable bonds is 2. The highest BCUT2D eigenvalue weighted by molar-refractivity contribution is 5.89. The summed E-state index contributed by atoms with van der Waals surface area (Å²) in [5.74, 6) is -1.04. The number of nitrogens with zero attached hydrogens (tertiary/aromatic N) is 2. The predicted molar refractivity (Wildman–Crippen MR) is 54.1 cm³/mol. The lowest BCUT2D eigenvalue weighted by Crippen LogP contribution is -2.21. The average Bonchev–Trinajstić information content (AvgIpc) is 2.70. The van der Waals surface area contributed by atoms with Crippen LogP contribution < -0.4 is 5.43 Å². The van der Waals surface area contributed by atoms with Crippen molar-refractivity contribution in [2.24, 2.45) is 0 Å². The van der Waals surface area contributed by atoms with Gasteiger partial charge in [-0.25, -0.2) is 9.78 Å². The Hall–Kier alpha value is -2.44. The third-order valence-electron chi connectivity index (χ3n) is 2.09. The molecule has 0 fully saturated rings. The van der Waals surface area contributed by atoms with Crippen LogP contribution in [0.4, 0.5) is 0 Å². The quantitative estimate of drug-likeness (QED) is 0.667. The van der Waals surface area contributed by atoms with E-state index in [0.717, 1.165) is 0 Å². The number of aromatic carboxylic acids is 1. The Balaban J connectivity index is 2.72. The molecule has 7 heteroatoms. The number of carboxylic acids is 1. The van der Waals surface area contributed by atoms with Crippen molar-refractivity contribution in [1.29, 1.82) is 0 Å². The Morgan fingerprint density at radius 3 is 2.81 bits per heavy atom. The van der Waals surface area contributed by atoms with E-state index in [-0.39, 0.29) is 22.8 Å². The molecule has 2 aromatic rings. The number of nitrogens with one attached hydrogen (secondary N) is 2. The van der Waals surface area contributed by atoms with Crippen LogP contribution in [0.2, 0.25) is 0 Å². The number of H-pyrrole nitrogens is 2. The monoisotopic (exact) mass is 220 g/mol. The van der Waals surface area contributed by atoms with Crippen molar-refractivity contribution in [1.82, 2.24) is 20.2 Å². The van der Waals surface area contributed by atoms with Crippen molar-refractivity contribution in [2.75, 3.05) is 0 Å². The standard InChI is InChI=1S/C9H8N4O3/c1-4-5(9(15)16)7(14)6(13-12-4)8-10-2-3-11-8/h2-3H,1H3,(H,10,11)(H,12,14)(H,15,16). The molecule has 0 aliphatic carbocycles. The summed E-state index contributed by atoms with van der Waals surface area (Å²) in [5, 5.41) is 15.1. The molecule has 2 heterocycles. The highest BCUT2D eigenvalue weighted by Crippen LogP contribution is 2.07. The second-order valence-electron chi connectivity index (χ2n) is 3.14. The molecule has 0 unspecified atom stereocenters. The Bertz CT molecular complexity index is 585. The van der Waals surface area contributed by atoms with E-state index in [4.69, 9.17) is 5.11 Å². The van der Waals surface area contributed by atoms with Crippen LogP contribution in [0.1, 0.15) is 16.1 Å². The number of hydrogen-bond donors (Lipinski definition) is 3. The predicted octanol–water partition coefficient (Wildman–Crippen LogP) is 0.167. The van der Waals surface area contributed by atoms with Crippen molar-refractivity contribution in [2.45, 2.75) is 6.92 Å². The van der Waals surface area contributed by atoms with Crippen molar-refractivity contribution >= 4 is 5.97 Å². The summed E-state index contributed by atoms with van der Waals surface area (Å²) in [5.41, 5.74) is -0.791. The number of carbonyl (C=O) groups is 1. The fraction of sp³-hybridized carbons (Fsp3) is 0.111. The third-order valence-corrected chi connectivity index (χ3v) is 2.09. The minimum atomic E-state index is -1.28. The molecular weight excluding hydrogens is 212 g/mol. The lowest BCUT2D eigenvalue weighted by Gasteiger charge is -2.01. The van der Waals surface area contributed by atoms with Crippen molar-refractivity contribution in [3.63, 3.8) is 0 Å². The number of aryl methyl sites for hydroxylation is 1. The first-order chi connectivity index (χ1) is 7.61. The van der Waals surface area contributed by atoms with E-state index in [2.05, 4.69) is 20.2 Å². The van der Waals surface area contributed by atoms with Gasteiger partial charge in [0.25, 0.3) is 0 Å². The molecule has 0 aromatic carbocycles. The van der Waals surface area contributed by atoms with Gasteiger partial charge in [0, 0.05) is 18.1 Å². The molecule has 0 spiro atoms. The van der Waals surface area contributed by atoms with E-state index in [1.807, 2.05) is 0 Å². The Morgan fingerprint density at radius 2 is 2.25 bits per heavy atom. The molecule has 0 saturated carbocycles. The normalized spacial score (nSPS) is 10.3. The Morgan fingerprint density at radius 1 is 1.50 bits per heavy atom. The lowest BCUT2D eigenvalue weighted by atomic mass is 10.2. The van der Waals surface area contributed by atoms with Crippen LogP contribution in [-0.2, 0) is 0 Å². The van der Waals surface area contributed by atoms with Gasteiger partial charge in [-0.05, 0) is 6.92 Å². The van der Waals surface area contributed by atoms with Gasteiger partial charge >= 0.3 is 5.97 Å². The maximum Gasteiger partial charge on any atom is 0.341 e. The van der Waals surface area contributed by atoms with Gasteiger partial charge < -0.3 is 10.1 Å². The molecule has 3 N–H and O–H groups in total. The molecule has 16 heavy (non-hydrogen) atoms. The highest BCUT2D eigenvalue weighted by atomic mass is 16.4. The maximum absolute atomic E-state index is 11.8. The van der Waals surface area contributed by atoms with E-state index in [9.17, 15) is 9.59 Å². The van der Waals surface area contributed by atoms with E-state index in [1.54, 1.807) is 0 Å². The smallest absolute Gasteiger partial charge is 0.341 e. The summed E-state index contributed by atoms with van der Waals surface area (Å²) in [7, 11) is 0. The highest BCUT2D eigenvalue weighted by Gasteiger charge is 2.18. The van der Waals surface area contributed by atoms with Crippen LogP contribution in [0.15, 0.2) is 17.2 Å². The lowest BCUT2D eigenvalue weighted by molar-refractivity contribution is 0.0694. The summed E-state index contributed by atoms with van der Waals surface area (Å²) >= 11 is 0. The van der Waals surface area contributed by atoms with Gasteiger partial charge in [-0.3, -0.25) is 9.89 Å². The summed E-state index contributed by atoms with van der Waals surface area (Å²) in [6, 6.07) is 0. The SMILES string of the molecule is Cc1[nH]nc(-c2ncc[nH]2)c(=O)c1C(=O)O. The van der Waals surface area contributed by atoms with Crippen molar-refractivity contribution in [3.05, 3.63) is 33.9 Å². The molecule has 82 valence electrons. The van der Waals surface area contributed by atoms with Gasteiger partial charge in [-0.1, -0.05) is 0 Å².